The van der Waals surface area contributed by atoms with Crippen molar-refractivity contribution in [1.29, 1.82) is 0 Å². The predicted octanol–water partition coefficient (Wildman–Crippen LogP) is 2.91. The Bertz CT molecular complexity index is 872. The minimum atomic E-state index is -0.498. The van der Waals surface area contributed by atoms with Crippen molar-refractivity contribution in [3.63, 3.8) is 0 Å². The standard InChI is InChI=1S/C19H25N5O4S/c1-14-13-29-19(20-14)23-8-3-7-22(10-11-23)9-6-18(25)21-16-12-15(24(26)27)4-5-17(16)28-2/h4-5,12-13H,3,6-11H2,1-2H3,(H,21,25). The lowest BCUT2D eigenvalue weighted by atomic mass is 10.2. The molecule has 2 aromatic rings. The molecular formula is C19H25N5O4S. The number of aryl methyl sites for hydroxylation is 1. The first-order valence-corrected chi connectivity index (χ1v) is 10.4. The molecule has 0 saturated carbocycles. The normalized spacial score (nSPS) is 15.0. The van der Waals surface area contributed by atoms with Crippen LogP contribution in [-0.2, 0) is 4.79 Å². The van der Waals surface area contributed by atoms with Gasteiger partial charge in [-0.25, -0.2) is 4.98 Å². The number of methoxy groups -OCH3 is 1. The first-order valence-electron chi connectivity index (χ1n) is 9.48. The molecule has 1 aromatic heterocycles. The Balaban J connectivity index is 1.52. The summed E-state index contributed by atoms with van der Waals surface area (Å²) in [6.07, 6.45) is 1.32. The van der Waals surface area contributed by atoms with Crippen molar-refractivity contribution >= 4 is 33.8 Å². The summed E-state index contributed by atoms with van der Waals surface area (Å²) in [5.41, 5.74) is 1.26. The number of rotatable bonds is 7. The zero-order valence-corrected chi connectivity index (χ0v) is 17.4. The number of anilines is 2. The van der Waals surface area contributed by atoms with E-state index in [2.05, 4.69) is 25.5 Å². The van der Waals surface area contributed by atoms with Gasteiger partial charge in [0.05, 0.1) is 23.4 Å². The van der Waals surface area contributed by atoms with E-state index in [1.54, 1.807) is 11.3 Å². The number of hydrogen-bond donors (Lipinski definition) is 1. The van der Waals surface area contributed by atoms with Crippen molar-refractivity contribution in [2.24, 2.45) is 0 Å². The van der Waals surface area contributed by atoms with Gasteiger partial charge in [-0.05, 0) is 26.0 Å². The molecule has 2 heterocycles. The Morgan fingerprint density at radius 3 is 2.86 bits per heavy atom. The quantitative estimate of drug-likeness (QED) is 0.544. The van der Waals surface area contributed by atoms with Crippen molar-refractivity contribution in [3.8, 4) is 5.75 Å². The van der Waals surface area contributed by atoms with Crippen molar-refractivity contribution < 1.29 is 14.5 Å². The largest absolute Gasteiger partial charge is 0.495 e. The Hall–Kier alpha value is -2.72. The number of hydrogen-bond acceptors (Lipinski definition) is 8. The molecule has 1 aliphatic rings. The number of nitro groups is 1. The van der Waals surface area contributed by atoms with Crippen LogP contribution in [0.15, 0.2) is 23.6 Å². The molecule has 1 fully saturated rings. The zero-order valence-electron chi connectivity index (χ0n) is 16.6. The third-order valence-electron chi connectivity index (χ3n) is 4.79. The van der Waals surface area contributed by atoms with Gasteiger partial charge in [0, 0.05) is 50.1 Å². The smallest absolute Gasteiger partial charge is 0.271 e. The number of aromatic nitrogens is 1. The van der Waals surface area contributed by atoms with Gasteiger partial charge in [0.15, 0.2) is 5.13 Å². The first kappa shape index (κ1) is 21.0. The number of thiazole rings is 1. The van der Waals surface area contributed by atoms with Crippen molar-refractivity contribution in [3.05, 3.63) is 39.4 Å². The second-order valence-corrected chi connectivity index (χ2v) is 7.73. The zero-order chi connectivity index (χ0) is 20.8. The summed E-state index contributed by atoms with van der Waals surface area (Å²) in [6.45, 7) is 6.26. The van der Waals surface area contributed by atoms with Crippen LogP contribution in [0.1, 0.15) is 18.5 Å². The lowest BCUT2D eigenvalue weighted by molar-refractivity contribution is -0.384. The first-order chi connectivity index (χ1) is 14.0. The number of nitro benzene ring substituents is 1. The molecule has 3 rings (SSSR count). The molecule has 0 radical (unpaired) electrons. The number of non-ortho nitro benzene ring substituents is 1. The Labute approximate surface area is 173 Å². The van der Waals surface area contributed by atoms with Crippen molar-refractivity contribution in [2.75, 3.05) is 50.1 Å². The van der Waals surface area contributed by atoms with Crippen LogP contribution >= 0.6 is 11.3 Å². The molecular weight excluding hydrogens is 394 g/mol. The maximum atomic E-state index is 12.4. The number of nitrogens with one attached hydrogen (secondary N) is 1. The molecule has 1 amide bonds. The van der Waals surface area contributed by atoms with E-state index in [4.69, 9.17) is 4.74 Å². The third kappa shape index (κ3) is 5.64. The van der Waals surface area contributed by atoms with Gasteiger partial charge in [0.2, 0.25) is 5.91 Å². The molecule has 0 atom stereocenters. The molecule has 9 nitrogen and oxygen atoms in total. The van der Waals surface area contributed by atoms with E-state index >= 15 is 0 Å². The van der Waals surface area contributed by atoms with Crippen LogP contribution in [0.2, 0.25) is 0 Å². The maximum Gasteiger partial charge on any atom is 0.271 e. The summed E-state index contributed by atoms with van der Waals surface area (Å²) in [4.78, 5) is 32.0. The molecule has 29 heavy (non-hydrogen) atoms. The molecule has 0 spiro atoms. The van der Waals surface area contributed by atoms with E-state index in [1.165, 1.54) is 25.3 Å². The molecule has 0 bridgehead atoms. The van der Waals surface area contributed by atoms with E-state index in [0.717, 1.165) is 43.4 Å². The van der Waals surface area contributed by atoms with Crippen LogP contribution in [0.4, 0.5) is 16.5 Å². The Morgan fingerprint density at radius 1 is 1.34 bits per heavy atom. The summed E-state index contributed by atoms with van der Waals surface area (Å²) >= 11 is 1.67. The predicted molar refractivity (Wildman–Crippen MR) is 113 cm³/mol. The SMILES string of the molecule is COc1ccc([N+](=O)[O-])cc1NC(=O)CCN1CCCN(c2nc(C)cs2)CC1. The van der Waals surface area contributed by atoms with Gasteiger partial charge in [0.25, 0.3) is 5.69 Å². The fourth-order valence-corrected chi connectivity index (χ4v) is 4.11. The summed E-state index contributed by atoms with van der Waals surface area (Å²) in [5, 5.41) is 16.8. The Kier molecular flexibility index (Phi) is 6.99. The highest BCUT2D eigenvalue weighted by molar-refractivity contribution is 7.13. The summed E-state index contributed by atoms with van der Waals surface area (Å²) in [7, 11) is 1.46. The number of carbonyl (C=O) groups excluding carboxylic acids is 1. The van der Waals surface area contributed by atoms with Crippen LogP contribution in [0.3, 0.4) is 0 Å². The molecule has 156 valence electrons. The molecule has 1 saturated heterocycles. The van der Waals surface area contributed by atoms with Gasteiger partial charge in [-0.1, -0.05) is 0 Å². The lowest BCUT2D eigenvalue weighted by Crippen LogP contribution is -2.32. The molecule has 1 aliphatic heterocycles. The van der Waals surface area contributed by atoms with Crippen molar-refractivity contribution in [2.45, 2.75) is 19.8 Å². The molecule has 0 aliphatic carbocycles. The molecule has 10 heteroatoms. The van der Waals surface area contributed by atoms with E-state index in [9.17, 15) is 14.9 Å². The van der Waals surface area contributed by atoms with E-state index in [0.29, 0.717) is 24.4 Å². The minimum absolute atomic E-state index is 0.0915. The monoisotopic (exact) mass is 419 g/mol. The van der Waals surface area contributed by atoms with Crippen LogP contribution in [0.25, 0.3) is 0 Å². The topological polar surface area (TPSA) is 101 Å². The van der Waals surface area contributed by atoms with Gasteiger partial charge in [-0.15, -0.1) is 11.3 Å². The van der Waals surface area contributed by atoms with Gasteiger partial charge >= 0.3 is 0 Å². The van der Waals surface area contributed by atoms with E-state index in [1.807, 2.05) is 6.92 Å². The van der Waals surface area contributed by atoms with Crippen LogP contribution in [-0.4, -0.2) is 60.5 Å². The summed E-state index contributed by atoms with van der Waals surface area (Å²) < 4.78 is 5.19. The van der Waals surface area contributed by atoms with Gasteiger partial charge < -0.3 is 19.9 Å². The lowest BCUT2D eigenvalue weighted by Gasteiger charge is -2.21. The molecule has 0 unspecified atom stereocenters. The summed E-state index contributed by atoms with van der Waals surface area (Å²) in [5.74, 6) is 0.202. The second kappa shape index (κ2) is 9.66. The Morgan fingerprint density at radius 2 is 2.17 bits per heavy atom. The number of carbonyl (C=O) groups is 1. The highest BCUT2D eigenvalue weighted by Gasteiger charge is 2.19. The molecule has 1 aromatic carbocycles. The highest BCUT2D eigenvalue weighted by atomic mass is 32.1. The van der Waals surface area contributed by atoms with Gasteiger partial charge in [-0.2, -0.15) is 0 Å². The summed E-state index contributed by atoms with van der Waals surface area (Å²) in [6, 6.07) is 4.15. The number of ether oxygens (including phenoxy) is 1. The minimum Gasteiger partial charge on any atom is -0.495 e. The molecule has 1 N–H and O–H groups in total. The fourth-order valence-electron chi connectivity index (χ4n) is 3.25. The van der Waals surface area contributed by atoms with Gasteiger partial charge in [-0.3, -0.25) is 14.9 Å². The van der Waals surface area contributed by atoms with E-state index < -0.39 is 4.92 Å². The average Bonchev–Trinajstić information content (AvgIpc) is 2.99. The highest BCUT2D eigenvalue weighted by Crippen LogP contribution is 2.29. The average molecular weight is 420 g/mol. The third-order valence-corrected chi connectivity index (χ3v) is 5.81. The fraction of sp³-hybridized carbons (Fsp3) is 0.474. The van der Waals surface area contributed by atoms with Crippen LogP contribution in [0.5, 0.6) is 5.75 Å². The second-order valence-electron chi connectivity index (χ2n) is 6.89. The number of benzene rings is 1. The van der Waals surface area contributed by atoms with E-state index in [-0.39, 0.29) is 11.6 Å². The van der Waals surface area contributed by atoms with Crippen LogP contribution in [0, 0.1) is 17.0 Å². The van der Waals surface area contributed by atoms with Crippen molar-refractivity contribution in [1.82, 2.24) is 9.88 Å². The number of nitrogens with zero attached hydrogens (tertiary/aromatic N) is 4. The van der Waals surface area contributed by atoms with Crippen LogP contribution < -0.4 is 15.0 Å². The van der Waals surface area contributed by atoms with Gasteiger partial charge in [0.1, 0.15) is 5.75 Å². The maximum absolute atomic E-state index is 12.4. The number of amides is 1.